The highest BCUT2D eigenvalue weighted by Gasteiger charge is 2.12. The van der Waals surface area contributed by atoms with Gasteiger partial charge in [-0.3, -0.25) is 14.3 Å². The Hall–Kier alpha value is -3.15. The number of allylic oxidation sites excluding steroid dienone is 10. The van der Waals surface area contributed by atoms with Crippen LogP contribution >= 0.6 is 0 Å². The number of hydrogen-bond donors (Lipinski definition) is 1. The first kappa shape index (κ1) is 30.9. The summed E-state index contributed by atoms with van der Waals surface area (Å²) in [5.41, 5.74) is 0.398. The SMILES string of the molecule is CC/C=C\C/C=C\C/C=C\C/C=C\C/C=C\CCCC(=O)N(C)CCNC(=O)c1ccn(C(C)C)n1. The van der Waals surface area contributed by atoms with Crippen LogP contribution in [0.25, 0.3) is 0 Å². The third kappa shape index (κ3) is 15.0. The van der Waals surface area contributed by atoms with Crippen LogP contribution in [0.3, 0.4) is 0 Å². The van der Waals surface area contributed by atoms with Crippen LogP contribution in [0.5, 0.6) is 0 Å². The van der Waals surface area contributed by atoms with Gasteiger partial charge >= 0.3 is 0 Å². The van der Waals surface area contributed by atoms with E-state index in [9.17, 15) is 9.59 Å². The molecule has 1 rings (SSSR count). The fourth-order valence-corrected chi connectivity index (χ4v) is 3.23. The van der Waals surface area contributed by atoms with Crippen molar-refractivity contribution in [2.24, 2.45) is 0 Å². The van der Waals surface area contributed by atoms with Crippen LogP contribution in [0.15, 0.2) is 73.0 Å². The lowest BCUT2D eigenvalue weighted by molar-refractivity contribution is -0.129. The number of hydrogen-bond acceptors (Lipinski definition) is 3. The molecule has 0 saturated carbocycles. The van der Waals surface area contributed by atoms with Crippen molar-refractivity contribution >= 4 is 11.8 Å². The zero-order valence-corrected chi connectivity index (χ0v) is 22.7. The lowest BCUT2D eigenvalue weighted by Crippen LogP contribution is -2.36. The van der Waals surface area contributed by atoms with E-state index in [0.717, 1.165) is 44.9 Å². The molecule has 6 nitrogen and oxygen atoms in total. The van der Waals surface area contributed by atoms with E-state index in [-0.39, 0.29) is 17.9 Å². The summed E-state index contributed by atoms with van der Waals surface area (Å²) in [6.07, 6.45) is 30.8. The molecule has 2 amide bonds. The van der Waals surface area contributed by atoms with Crippen LogP contribution in [-0.4, -0.2) is 46.6 Å². The lowest BCUT2D eigenvalue weighted by atomic mass is 10.2. The Balaban J connectivity index is 2.06. The molecular formula is C30H46N4O2. The van der Waals surface area contributed by atoms with Crippen molar-refractivity contribution in [2.75, 3.05) is 20.1 Å². The highest BCUT2D eigenvalue weighted by atomic mass is 16.2. The van der Waals surface area contributed by atoms with Gasteiger partial charge in [0, 0.05) is 38.8 Å². The van der Waals surface area contributed by atoms with Gasteiger partial charge in [-0.2, -0.15) is 5.10 Å². The topological polar surface area (TPSA) is 67.2 Å². The molecule has 0 fully saturated rings. The van der Waals surface area contributed by atoms with Crippen molar-refractivity contribution in [3.05, 3.63) is 78.7 Å². The van der Waals surface area contributed by atoms with Gasteiger partial charge < -0.3 is 10.2 Å². The first-order valence-electron chi connectivity index (χ1n) is 13.3. The van der Waals surface area contributed by atoms with E-state index < -0.39 is 0 Å². The first-order chi connectivity index (χ1) is 17.5. The van der Waals surface area contributed by atoms with Crippen LogP contribution in [0.2, 0.25) is 0 Å². The van der Waals surface area contributed by atoms with Crippen LogP contribution in [0.1, 0.15) is 88.7 Å². The van der Waals surface area contributed by atoms with E-state index in [1.165, 1.54) is 0 Å². The minimum atomic E-state index is -0.214. The summed E-state index contributed by atoms with van der Waals surface area (Å²) in [5, 5.41) is 7.09. The number of rotatable bonds is 18. The highest BCUT2D eigenvalue weighted by Crippen LogP contribution is 2.04. The van der Waals surface area contributed by atoms with E-state index in [4.69, 9.17) is 0 Å². The second kappa shape index (κ2) is 20.1. The number of nitrogens with one attached hydrogen (secondary N) is 1. The predicted octanol–water partition coefficient (Wildman–Crippen LogP) is 6.57. The van der Waals surface area contributed by atoms with Crippen molar-refractivity contribution in [1.82, 2.24) is 20.0 Å². The average molecular weight is 495 g/mol. The Morgan fingerprint density at radius 2 is 1.50 bits per heavy atom. The van der Waals surface area contributed by atoms with Gasteiger partial charge in [0.05, 0.1) is 0 Å². The predicted molar refractivity (Wildman–Crippen MR) is 151 cm³/mol. The van der Waals surface area contributed by atoms with Crippen LogP contribution < -0.4 is 5.32 Å². The maximum Gasteiger partial charge on any atom is 0.271 e. The van der Waals surface area contributed by atoms with Crippen molar-refractivity contribution in [2.45, 2.75) is 78.2 Å². The van der Waals surface area contributed by atoms with E-state index >= 15 is 0 Å². The molecule has 1 aromatic rings. The fourth-order valence-electron chi connectivity index (χ4n) is 3.23. The minimum Gasteiger partial charge on any atom is -0.349 e. The molecule has 0 aliphatic rings. The normalized spacial score (nSPS) is 12.4. The van der Waals surface area contributed by atoms with Gasteiger partial charge in [-0.05, 0) is 64.9 Å². The smallest absolute Gasteiger partial charge is 0.271 e. The van der Waals surface area contributed by atoms with Crippen molar-refractivity contribution in [3.8, 4) is 0 Å². The zero-order valence-electron chi connectivity index (χ0n) is 22.7. The standard InChI is InChI=1S/C30H46N4O2/c1-5-6-7-8-9-10-11-12-13-14-15-16-17-18-19-20-21-22-29(35)33(4)26-24-31-30(36)28-23-25-34(32-28)27(2)3/h6-7,9-10,12-13,15-16,18-19,23,25,27H,5,8,11,14,17,20-22,24,26H2,1-4H3,(H,31,36)/b7-6-,10-9-,13-12-,16-15-,19-18-. The molecule has 1 N–H and O–H groups in total. The van der Waals surface area contributed by atoms with E-state index in [1.54, 1.807) is 28.9 Å². The first-order valence-corrected chi connectivity index (χ1v) is 13.3. The molecule has 0 radical (unpaired) electrons. The Morgan fingerprint density at radius 1 is 0.944 bits per heavy atom. The van der Waals surface area contributed by atoms with Gasteiger partial charge in [-0.1, -0.05) is 67.7 Å². The Kier molecular flexibility index (Phi) is 17.2. The van der Waals surface area contributed by atoms with E-state index in [2.05, 4.69) is 78.1 Å². The van der Waals surface area contributed by atoms with Gasteiger partial charge in [0.15, 0.2) is 0 Å². The monoisotopic (exact) mass is 494 g/mol. The maximum atomic E-state index is 12.3. The largest absolute Gasteiger partial charge is 0.349 e. The van der Waals surface area contributed by atoms with Crippen molar-refractivity contribution in [1.29, 1.82) is 0 Å². The van der Waals surface area contributed by atoms with Gasteiger partial charge in [0.2, 0.25) is 5.91 Å². The van der Waals surface area contributed by atoms with Crippen LogP contribution in [0, 0.1) is 0 Å². The molecule has 0 atom stereocenters. The molecule has 0 aromatic carbocycles. The van der Waals surface area contributed by atoms with Crippen molar-refractivity contribution < 1.29 is 9.59 Å². The molecule has 0 aliphatic heterocycles. The summed E-state index contributed by atoms with van der Waals surface area (Å²) in [6.45, 7) is 7.06. The van der Waals surface area contributed by atoms with Crippen molar-refractivity contribution in [3.63, 3.8) is 0 Å². The Labute approximate surface area is 218 Å². The number of carbonyl (C=O) groups excluding carboxylic acids is 2. The highest BCUT2D eigenvalue weighted by molar-refractivity contribution is 5.92. The summed E-state index contributed by atoms with van der Waals surface area (Å²) in [5.74, 6) is -0.116. The van der Waals surface area contributed by atoms with Gasteiger partial charge in [0.1, 0.15) is 5.69 Å². The number of likely N-dealkylation sites (N-methyl/N-ethyl adjacent to an activating group) is 1. The molecule has 0 unspecified atom stereocenters. The Morgan fingerprint density at radius 3 is 2.03 bits per heavy atom. The summed E-state index contributed by atoms with van der Waals surface area (Å²) in [4.78, 5) is 26.1. The maximum absolute atomic E-state index is 12.3. The lowest BCUT2D eigenvalue weighted by Gasteiger charge is -2.17. The summed E-state index contributed by atoms with van der Waals surface area (Å²) >= 11 is 0. The molecule has 0 spiro atoms. The molecule has 0 saturated heterocycles. The molecule has 198 valence electrons. The molecule has 36 heavy (non-hydrogen) atoms. The number of aromatic nitrogens is 2. The third-order valence-corrected chi connectivity index (χ3v) is 5.45. The second-order valence-corrected chi connectivity index (χ2v) is 8.95. The van der Waals surface area contributed by atoms with Crippen LogP contribution in [-0.2, 0) is 4.79 Å². The number of carbonyl (C=O) groups is 2. The van der Waals surface area contributed by atoms with Gasteiger partial charge in [0.25, 0.3) is 5.91 Å². The second-order valence-electron chi connectivity index (χ2n) is 8.95. The molecule has 0 aliphatic carbocycles. The summed E-state index contributed by atoms with van der Waals surface area (Å²) < 4.78 is 1.75. The number of amides is 2. The summed E-state index contributed by atoms with van der Waals surface area (Å²) in [6, 6.07) is 1.92. The Bertz CT molecular complexity index is 891. The van der Waals surface area contributed by atoms with E-state index in [0.29, 0.717) is 25.2 Å². The molecule has 6 heteroatoms. The van der Waals surface area contributed by atoms with Gasteiger partial charge in [-0.25, -0.2) is 0 Å². The average Bonchev–Trinajstić information content (AvgIpc) is 3.36. The quantitative estimate of drug-likeness (QED) is 0.185. The molecule has 0 bridgehead atoms. The minimum absolute atomic E-state index is 0.0979. The number of nitrogens with zero attached hydrogens (tertiary/aromatic N) is 3. The number of unbranched alkanes of at least 4 members (excludes halogenated alkanes) is 1. The zero-order chi connectivity index (χ0) is 26.4. The fraction of sp³-hybridized carbons (Fsp3) is 0.500. The molecule has 1 heterocycles. The van der Waals surface area contributed by atoms with Crippen LogP contribution in [0.4, 0.5) is 0 Å². The van der Waals surface area contributed by atoms with Gasteiger partial charge in [-0.15, -0.1) is 0 Å². The molecular weight excluding hydrogens is 448 g/mol. The third-order valence-electron chi connectivity index (χ3n) is 5.45. The van der Waals surface area contributed by atoms with E-state index in [1.807, 2.05) is 13.8 Å². The summed E-state index contributed by atoms with van der Waals surface area (Å²) in [7, 11) is 1.78. The molecule has 1 aromatic heterocycles.